The molecule has 1 aromatic heterocycles. The first kappa shape index (κ1) is 20.2. The second-order valence-corrected chi connectivity index (χ2v) is 9.46. The highest BCUT2D eigenvalue weighted by atomic mass is 35.5. The lowest BCUT2D eigenvalue weighted by Crippen LogP contribution is -2.43. The number of nitrogens with one attached hydrogen (secondary N) is 1. The van der Waals surface area contributed by atoms with E-state index in [0.29, 0.717) is 22.4 Å². The number of aromatic nitrogens is 1. The summed E-state index contributed by atoms with van der Waals surface area (Å²) in [6, 6.07) is 17.7. The molecule has 1 aliphatic carbocycles. The number of nitrogens with zero attached hydrogens (tertiary/aromatic N) is 1. The Bertz CT molecular complexity index is 1020. The summed E-state index contributed by atoms with van der Waals surface area (Å²) in [5, 5.41) is 5.72. The fourth-order valence-corrected chi connectivity index (χ4v) is 5.01. The van der Waals surface area contributed by atoms with E-state index < -0.39 is 0 Å². The molecular weight excluding hydrogens is 400 g/mol. The van der Waals surface area contributed by atoms with Gasteiger partial charge in [0.25, 0.3) is 5.91 Å². The molecule has 0 bridgehead atoms. The average molecular weight is 425 g/mol. The van der Waals surface area contributed by atoms with Crippen LogP contribution in [-0.2, 0) is 0 Å². The zero-order valence-electron chi connectivity index (χ0n) is 16.7. The summed E-state index contributed by atoms with van der Waals surface area (Å²) in [7, 11) is 0. The number of pyridine rings is 1. The lowest BCUT2D eigenvalue weighted by atomic mass is 9.78. The largest absolute Gasteiger partial charge is 0.349 e. The van der Waals surface area contributed by atoms with Crippen molar-refractivity contribution in [1.82, 2.24) is 10.3 Å². The number of rotatable bonds is 4. The molecule has 0 saturated heterocycles. The minimum absolute atomic E-state index is 0.00694. The fraction of sp³-hybridized carbons (Fsp3) is 0.333. The summed E-state index contributed by atoms with van der Waals surface area (Å²) in [4.78, 5) is 19.1. The molecule has 4 rings (SSSR count). The van der Waals surface area contributed by atoms with Gasteiger partial charge in [0.15, 0.2) is 0 Å². The molecule has 2 aromatic carbocycles. The predicted octanol–water partition coefficient (Wildman–Crippen LogP) is 6.59. The molecule has 0 spiro atoms. The van der Waals surface area contributed by atoms with Crippen molar-refractivity contribution in [2.24, 2.45) is 11.8 Å². The quantitative estimate of drug-likeness (QED) is 0.513. The van der Waals surface area contributed by atoms with Crippen molar-refractivity contribution in [2.45, 2.75) is 49.1 Å². The number of amides is 1. The third-order valence-electron chi connectivity index (χ3n) is 6.00. The highest BCUT2D eigenvalue weighted by Gasteiger charge is 2.29. The molecule has 3 atom stereocenters. The van der Waals surface area contributed by atoms with Crippen LogP contribution < -0.4 is 5.32 Å². The zero-order chi connectivity index (χ0) is 20.4. The Labute approximate surface area is 181 Å². The van der Waals surface area contributed by atoms with E-state index in [1.165, 1.54) is 24.6 Å². The molecule has 0 unspecified atom stereocenters. The smallest absolute Gasteiger partial charge is 0.252 e. The molecule has 1 aliphatic rings. The van der Waals surface area contributed by atoms with E-state index in [0.717, 1.165) is 27.2 Å². The van der Waals surface area contributed by atoms with Crippen molar-refractivity contribution in [2.75, 3.05) is 0 Å². The Balaban J connectivity index is 1.65. The number of benzene rings is 2. The first-order chi connectivity index (χ1) is 14.0. The van der Waals surface area contributed by atoms with E-state index in [9.17, 15) is 4.79 Å². The van der Waals surface area contributed by atoms with Crippen LogP contribution in [0.3, 0.4) is 0 Å². The van der Waals surface area contributed by atoms with Gasteiger partial charge in [-0.3, -0.25) is 4.79 Å². The van der Waals surface area contributed by atoms with Gasteiger partial charge in [-0.25, -0.2) is 4.98 Å². The number of carbonyl (C=O) groups is 1. The second-order valence-electron chi connectivity index (χ2n) is 7.93. The van der Waals surface area contributed by atoms with Gasteiger partial charge < -0.3 is 5.32 Å². The summed E-state index contributed by atoms with van der Waals surface area (Å²) in [6.45, 7) is 4.53. The van der Waals surface area contributed by atoms with Gasteiger partial charge in [-0.2, -0.15) is 0 Å². The third-order valence-corrected chi connectivity index (χ3v) is 7.17. The molecular formula is C24H25ClN2OS. The van der Waals surface area contributed by atoms with Crippen LogP contribution in [0.15, 0.2) is 64.5 Å². The number of fused-ring (bicyclic) bond motifs is 1. The normalized spacial score (nSPS) is 21.8. The van der Waals surface area contributed by atoms with Crippen LogP contribution in [0.25, 0.3) is 10.9 Å². The zero-order valence-corrected chi connectivity index (χ0v) is 18.3. The number of halogens is 1. The Morgan fingerprint density at radius 3 is 2.66 bits per heavy atom. The summed E-state index contributed by atoms with van der Waals surface area (Å²) in [5.41, 5.74) is 1.53. The summed E-state index contributed by atoms with van der Waals surface area (Å²) >= 11 is 7.54. The first-order valence-electron chi connectivity index (χ1n) is 10.2. The highest BCUT2D eigenvalue weighted by Crippen LogP contribution is 2.32. The van der Waals surface area contributed by atoms with Gasteiger partial charge in [-0.15, -0.1) is 0 Å². The van der Waals surface area contributed by atoms with E-state index in [4.69, 9.17) is 16.6 Å². The van der Waals surface area contributed by atoms with Gasteiger partial charge in [-0.1, -0.05) is 68.3 Å². The van der Waals surface area contributed by atoms with Crippen LogP contribution >= 0.6 is 23.4 Å². The first-order valence-corrected chi connectivity index (χ1v) is 11.3. The molecule has 1 fully saturated rings. The second kappa shape index (κ2) is 8.76. The average Bonchev–Trinajstić information content (AvgIpc) is 2.72. The van der Waals surface area contributed by atoms with Crippen molar-refractivity contribution in [3.05, 3.63) is 65.2 Å². The van der Waals surface area contributed by atoms with Crippen LogP contribution in [-0.4, -0.2) is 16.9 Å². The minimum atomic E-state index is -0.00694. The molecule has 3 aromatic rings. The Kier molecular flexibility index (Phi) is 6.12. The van der Waals surface area contributed by atoms with Gasteiger partial charge in [0.2, 0.25) is 0 Å². The number of hydrogen-bond acceptors (Lipinski definition) is 3. The van der Waals surface area contributed by atoms with Crippen LogP contribution in [0.1, 0.15) is 43.5 Å². The molecule has 0 aliphatic heterocycles. The highest BCUT2D eigenvalue weighted by molar-refractivity contribution is 7.99. The van der Waals surface area contributed by atoms with Crippen LogP contribution in [0.5, 0.6) is 0 Å². The van der Waals surface area contributed by atoms with Gasteiger partial charge >= 0.3 is 0 Å². The summed E-state index contributed by atoms with van der Waals surface area (Å²) < 4.78 is 0. The van der Waals surface area contributed by atoms with Crippen LogP contribution in [0.2, 0.25) is 5.02 Å². The molecule has 5 heteroatoms. The van der Waals surface area contributed by atoms with Gasteiger partial charge in [-0.05, 0) is 54.7 Å². The maximum atomic E-state index is 13.3. The van der Waals surface area contributed by atoms with Crippen molar-refractivity contribution in [3.8, 4) is 0 Å². The van der Waals surface area contributed by atoms with E-state index in [1.807, 2.05) is 54.6 Å². The Hall–Kier alpha value is -2.04. The molecule has 1 saturated carbocycles. The van der Waals surface area contributed by atoms with E-state index >= 15 is 0 Å². The maximum absolute atomic E-state index is 13.3. The van der Waals surface area contributed by atoms with Crippen molar-refractivity contribution in [1.29, 1.82) is 0 Å². The molecule has 1 amide bonds. The van der Waals surface area contributed by atoms with Crippen molar-refractivity contribution in [3.63, 3.8) is 0 Å². The molecule has 150 valence electrons. The van der Waals surface area contributed by atoms with Crippen molar-refractivity contribution < 1.29 is 4.79 Å². The van der Waals surface area contributed by atoms with Crippen LogP contribution in [0.4, 0.5) is 0 Å². The van der Waals surface area contributed by atoms with Gasteiger partial charge in [0.05, 0.1) is 11.1 Å². The maximum Gasteiger partial charge on any atom is 0.252 e. The lowest BCUT2D eigenvalue weighted by Gasteiger charge is -2.34. The summed E-state index contributed by atoms with van der Waals surface area (Å²) in [6.07, 6.45) is 3.46. The lowest BCUT2D eigenvalue weighted by molar-refractivity contribution is 0.0892. The molecule has 3 nitrogen and oxygen atoms in total. The SMILES string of the molecule is C[C@H]1[C@H](C)CCC[C@@H]1NC(=O)c1cc(Sc2ccc(Cl)cc2)nc2ccccc12. The number of hydrogen-bond donors (Lipinski definition) is 1. The Morgan fingerprint density at radius 2 is 1.86 bits per heavy atom. The van der Waals surface area contributed by atoms with E-state index in [2.05, 4.69) is 19.2 Å². The van der Waals surface area contributed by atoms with E-state index in [1.54, 1.807) is 0 Å². The van der Waals surface area contributed by atoms with Gasteiger partial charge in [0.1, 0.15) is 5.03 Å². The summed E-state index contributed by atoms with van der Waals surface area (Å²) in [5.74, 6) is 1.12. The third kappa shape index (κ3) is 4.59. The molecule has 29 heavy (non-hydrogen) atoms. The molecule has 1 N–H and O–H groups in total. The number of para-hydroxylation sites is 1. The predicted molar refractivity (Wildman–Crippen MR) is 121 cm³/mol. The fourth-order valence-electron chi connectivity index (χ4n) is 4.05. The van der Waals surface area contributed by atoms with Crippen LogP contribution in [0, 0.1) is 11.8 Å². The van der Waals surface area contributed by atoms with Crippen molar-refractivity contribution >= 4 is 40.2 Å². The number of carbonyl (C=O) groups excluding carboxylic acids is 1. The van der Waals surface area contributed by atoms with E-state index in [-0.39, 0.29) is 11.9 Å². The minimum Gasteiger partial charge on any atom is -0.349 e. The molecule has 0 radical (unpaired) electrons. The Morgan fingerprint density at radius 1 is 1.10 bits per heavy atom. The standard InChI is InChI=1S/C24H25ClN2OS/c1-15-6-5-9-21(16(15)2)27-24(28)20-14-23(26-22-8-4-3-7-19(20)22)29-18-12-10-17(25)11-13-18/h3-4,7-8,10-16,21H,5-6,9H2,1-2H3,(H,27,28)/t15-,16+,21+/m1/s1. The van der Waals surface area contributed by atoms with Gasteiger partial charge in [0, 0.05) is 21.3 Å². The monoisotopic (exact) mass is 424 g/mol. The molecule has 1 heterocycles. The topological polar surface area (TPSA) is 42.0 Å².